The number of hydrogen-bond acceptors (Lipinski definition) is 5. The molecule has 2 aliphatic heterocycles. The SMILES string of the molecule is CN(C)C1CC23CCC4(O2)C2CC=C(c5ccc6cc[nH]c(=O)c6c5)C2(C)CCC4(Cl)C=C3C(O)C1O. The van der Waals surface area contributed by atoms with Crippen LogP contribution in [-0.4, -0.2) is 68.5 Å². The lowest BCUT2D eigenvalue weighted by Gasteiger charge is -2.61. The Morgan fingerprint density at radius 2 is 1.95 bits per heavy atom. The van der Waals surface area contributed by atoms with Crippen LogP contribution in [0.25, 0.3) is 16.3 Å². The van der Waals surface area contributed by atoms with Crippen LogP contribution in [0.2, 0.25) is 0 Å². The zero-order valence-electron chi connectivity index (χ0n) is 21.6. The molecule has 7 heteroatoms. The molecule has 2 bridgehead atoms. The number of aliphatic hydroxyl groups is 2. The van der Waals surface area contributed by atoms with E-state index in [0.717, 1.165) is 48.6 Å². The summed E-state index contributed by atoms with van der Waals surface area (Å²) in [4.78, 5) is 16.6. The van der Waals surface area contributed by atoms with Crippen molar-refractivity contribution in [2.75, 3.05) is 14.1 Å². The number of hydrogen-bond donors (Lipinski definition) is 3. The highest BCUT2D eigenvalue weighted by molar-refractivity contribution is 6.26. The van der Waals surface area contributed by atoms with Gasteiger partial charge in [-0.25, -0.2) is 0 Å². The van der Waals surface area contributed by atoms with Crippen molar-refractivity contribution in [1.82, 2.24) is 9.88 Å². The Hall–Kier alpha value is -1.96. The summed E-state index contributed by atoms with van der Waals surface area (Å²) in [6, 6.07) is 7.96. The molecule has 0 radical (unpaired) electrons. The average molecular weight is 523 g/mol. The van der Waals surface area contributed by atoms with Crippen molar-refractivity contribution in [2.45, 2.75) is 79.8 Å². The number of halogens is 1. The molecule has 2 aromatic rings. The van der Waals surface area contributed by atoms with Crippen LogP contribution < -0.4 is 5.56 Å². The molecule has 6 nitrogen and oxygen atoms in total. The highest BCUT2D eigenvalue weighted by Gasteiger charge is 2.73. The maximum Gasteiger partial charge on any atom is 0.255 e. The number of rotatable bonds is 2. The number of fused-ring (bicyclic) bond motifs is 2. The molecule has 3 aliphatic carbocycles. The zero-order chi connectivity index (χ0) is 26.0. The summed E-state index contributed by atoms with van der Waals surface area (Å²) < 4.78 is 7.25. The number of benzene rings is 1. The van der Waals surface area contributed by atoms with Gasteiger partial charge in [0.25, 0.3) is 5.56 Å². The number of likely N-dealkylation sites (N-methyl/N-ethyl adjacent to an activating group) is 1. The summed E-state index contributed by atoms with van der Waals surface area (Å²) in [5.41, 5.74) is 1.81. The minimum atomic E-state index is -0.978. The largest absolute Gasteiger partial charge is 0.388 e. The number of alkyl halides is 1. The van der Waals surface area contributed by atoms with Gasteiger partial charge in [-0.15, -0.1) is 11.6 Å². The van der Waals surface area contributed by atoms with E-state index in [1.54, 1.807) is 6.20 Å². The number of aromatic nitrogens is 1. The first-order chi connectivity index (χ1) is 17.5. The van der Waals surface area contributed by atoms with E-state index in [0.29, 0.717) is 11.8 Å². The molecule has 37 heavy (non-hydrogen) atoms. The lowest BCUT2D eigenvalue weighted by atomic mass is 9.54. The first-order valence-electron chi connectivity index (χ1n) is 13.5. The molecule has 1 saturated heterocycles. The number of nitrogens with one attached hydrogen (secondary N) is 1. The predicted octanol–water partition coefficient (Wildman–Crippen LogP) is 3.99. The van der Waals surface area contributed by atoms with Crippen LogP contribution >= 0.6 is 11.6 Å². The van der Waals surface area contributed by atoms with E-state index < -0.39 is 28.3 Å². The van der Waals surface area contributed by atoms with Gasteiger partial charge in [-0.3, -0.25) is 4.79 Å². The van der Waals surface area contributed by atoms with E-state index >= 15 is 0 Å². The molecule has 3 N–H and O–H groups in total. The van der Waals surface area contributed by atoms with E-state index in [-0.39, 0.29) is 22.9 Å². The Bertz CT molecular complexity index is 1430. The monoisotopic (exact) mass is 522 g/mol. The van der Waals surface area contributed by atoms with Crippen LogP contribution in [0.3, 0.4) is 0 Å². The smallest absolute Gasteiger partial charge is 0.255 e. The standard InChI is InChI=1S/C30H35ClN2O4/c1-27-9-11-29(31)15-21-24(34)25(35)22(33(2)3)16-28(21)10-12-30(29,37-28)23(27)7-6-20(27)18-5-4-17-8-13-32-26(36)19(17)14-18/h4-6,8,13-15,22-25,34-35H,7,9-12,16H2,1-3H3,(H,32,36). The lowest BCUT2D eigenvalue weighted by Crippen LogP contribution is -2.68. The van der Waals surface area contributed by atoms with Crippen LogP contribution in [-0.2, 0) is 4.74 Å². The number of allylic oxidation sites excluding steroid dienone is 2. The van der Waals surface area contributed by atoms with Gasteiger partial charge in [0.15, 0.2) is 0 Å². The van der Waals surface area contributed by atoms with Gasteiger partial charge in [0.05, 0.1) is 22.2 Å². The van der Waals surface area contributed by atoms with E-state index in [2.05, 4.69) is 30.1 Å². The molecule has 3 heterocycles. The fourth-order valence-corrected chi connectivity index (χ4v) is 9.26. The quantitative estimate of drug-likeness (QED) is 0.410. The maximum atomic E-state index is 12.5. The number of nitrogens with zero attached hydrogens (tertiary/aromatic N) is 1. The second-order valence-corrected chi connectivity index (χ2v) is 13.2. The van der Waals surface area contributed by atoms with E-state index in [1.807, 2.05) is 37.2 Å². The van der Waals surface area contributed by atoms with Gasteiger partial charge in [0.2, 0.25) is 0 Å². The van der Waals surface area contributed by atoms with Crippen molar-refractivity contribution in [2.24, 2.45) is 11.3 Å². The summed E-state index contributed by atoms with van der Waals surface area (Å²) in [6.45, 7) is 2.34. The molecule has 2 saturated carbocycles. The summed E-state index contributed by atoms with van der Waals surface area (Å²) in [5, 5.41) is 23.8. The summed E-state index contributed by atoms with van der Waals surface area (Å²) >= 11 is 7.54. The van der Waals surface area contributed by atoms with Crippen molar-refractivity contribution < 1.29 is 14.9 Å². The minimum Gasteiger partial charge on any atom is -0.388 e. The Morgan fingerprint density at radius 3 is 2.73 bits per heavy atom. The highest BCUT2D eigenvalue weighted by Crippen LogP contribution is 2.71. The summed E-state index contributed by atoms with van der Waals surface area (Å²) in [5.74, 6) is 0.185. The minimum absolute atomic E-state index is 0.0684. The van der Waals surface area contributed by atoms with Gasteiger partial charge in [-0.1, -0.05) is 31.2 Å². The molecule has 0 amide bonds. The van der Waals surface area contributed by atoms with Gasteiger partial charge in [-0.05, 0) is 92.3 Å². The lowest BCUT2D eigenvalue weighted by molar-refractivity contribution is -0.199. The topological polar surface area (TPSA) is 85.8 Å². The van der Waals surface area contributed by atoms with Crippen LogP contribution in [0.5, 0.6) is 0 Å². The van der Waals surface area contributed by atoms with Crippen molar-refractivity contribution in [3.63, 3.8) is 0 Å². The summed E-state index contributed by atoms with van der Waals surface area (Å²) in [7, 11) is 3.90. The van der Waals surface area contributed by atoms with E-state index in [1.165, 1.54) is 5.57 Å². The molecule has 1 aromatic heterocycles. The van der Waals surface area contributed by atoms with Crippen LogP contribution in [0, 0.1) is 11.3 Å². The van der Waals surface area contributed by atoms with Gasteiger partial charge >= 0.3 is 0 Å². The predicted molar refractivity (Wildman–Crippen MR) is 145 cm³/mol. The third kappa shape index (κ3) is 2.94. The highest BCUT2D eigenvalue weighted by atomic mass is 35.5. The van der Waals surface area contributed by atoms with Crippen molar-refractivity contribution in [3.8, 4) is 0 Å². The Balaban J connectivity index is 1.31. The number of pyridine rings is 1. The molecule has 7 rings (SSSR count). The summed E-state index contributed by atoms with van der Waals surface area (Å²) in [6.07, 6.45) is 9.05. The molecule has 8 unspecified atom stereocenters. The van der Waals surface area contributed by atoms with E-state index in [9.17, 15) is 15.0 Å². The second-order valence-electron chi connectivity index (χ2n) is 12.6. The van der Waals surface area contributed by atoms with Gasteiger partial charge in [0, 0.05) is 23.5 Å². The van der Waals surface area contributed by atoms with Crippen molar-refractivity contribution in [3.05, 3.63) is 64.1 Å². The van der Waals surface area contributed by atoms with Crippen molar-refractivity contribution >= 4 is 27.9 Å². The Morgan fingerprint density at radius 1 is 1.14 bits per heavy atom. The van der Waals surface area contributed by atoms with Crippen LogP contribution in [0.1, 0.15) is 51.0 Å². The van der Waals surface area contributed by atoms with Gasteiger partial charge < -0.3 is 24.8 Å². The number of aromatic amines is 1. The Kier molecular flexibility index (Phi) is 4.94. The average Bonchev–Trinajstić information content (AvgIpc) is 3.40. The molecule has 3 fully saturated rings. The molecular formula is C30H35ClN2O4. The third-order valence-electron chi connectivity index (χ3n) is 10.7. The molecule has 196 valence electrons. The molecule has 8 atom stereocenters. The Labute approximate surface area is 222 Å². The first-order valence-corrected chi connectivity index (χ1v) is 13.9. The number of ether oxygens (including phenoxy) is 1. The number of H-pyrrole nitrogens is 1. The van der Waals surface area contributed by atoms with Gasteiger partial charge in [-0.2, -0.15) is 0 Å². The van der Waals surface area contributed by atoms with E-state index in [4.69, 9.17) is 16.3 Å². The van der Waals surface area contributed by atoms with Crippen LogP contribution in [0.15, 0.2) is 53.0 Å². The molecule has 5 aliphatic rings. The second kappa shape index (κ2) is 7.57. The molecule has 1 aromatic carbocycles. The fourth-order valence-electron chi connectivity index (χ4n) is 8.78. The maximum absolute atomic E-state index is 12.5. The van der Waals surface area contributed by atoms with Crippen molar-refractivity contribution in [1.29, 1.82) is 0 Å². The normalized spacial score (nSPS) is 44.3. The van der Waals surface area contributed by atoms with Crippen LogP contribution in [0.4, 0.5) is 0 Å². The zero-order valence-corrected chi connectivity index (χ0v) is 22.4. The molecule has 2 spiro atoms. The fraction of sp³-hybridized carbons (Fsp3) is 0.567. The number of aliphatic hydroxyl groups excluding tert-OH is 2. The third-order valence-corrected chi connectivity index (χ3v) is 11.3. The first kappa shape index (κ1) is 24.1. The molecular weight excluding hydrogens is 488 g/mol. The van der Waals surface area contributed by atoms with Gasteiger partial charge in [0.1, 0.15) is 6.10 Å².